The monoisotopic (exact) mass is 287 g/mol. The molecule has 0 aliphatic heterocycles. The number of rotatable bonds is 4. The Hall–Kier alpha value is -2.36. The molecule has 0 heterocycles. The van der Waals surface area contributed by atoms with Crippen molar-refractivity contribution in [3.63, 3.8) is 0 Å². The predicted octanol–water partition coefficient (Wildman–Crippen LogP) is 3.85. The van der Waals surface area contributed by atoms with Crippen molar-refractivity contribution in [1.82, 2.24) is 0 Å². The van der Waals surface area contributed by atoms with E-state index in [1.807, 2.05) is 32.0 Å². The zero-order valence-electron chi connectivity index (χ0n) is 12.3. The average molecular weight is 287 g/mol. The topological polar surface area (TPSA) is 38.3 Å². The molecule has 2 aromatic rings. The van der Waals surface area contributed by atoms with Crippen molar-refractivity contribution in [2.45, 2.75) is 26.9 Å². The molecule has 0 saturated carbocycles. The van der Waals surface area contributed by atoms with Crippen LogP contribution in [0.4, 0.5) is 10.1 Å². The molecule has 1 amide bonds. The first-order valence-corrected chi connectivity index (χ1v) is 6.76. The number of halogens is 1. The maximum absolute atomic E-state index is 12.8. The van der Waals surface area contributed by atoms with Gasteiger partial charge in [-0.15, -0.1) is 0 Å². The lowest BCUT2D eigenvalue weighted by Crippen LogP contribution is -2.30. The maximum atomic E-state index is 12.8. The van der Waals surface area contributed by atoms with Crippen LogP contribution < -0.4 is 10.1 Å². The molecule has 1 unspecified atom stereocenters. The fourth-order valence-corrected chi connectivity index (χ4v) is 1.82. The van der Waals surface area contributed by atoms with Crippen LogP contribution >= 0.6 is 0 Å². The SMILES string of the molecule is Cc1ccc(OC(C)C(=O)Nc2ccc(F)cc2)cc1C. The zero-order chi connectivity index (χ0) is 15.4. The van der Waals surface area contributed by atoms with E-state index in [2.05, 4.69) is 5.32 Å². The summed E-state index contributed by atoms with van der Waals surface area (Å²) in [6.07, 6.45) is -0.642. The highest BCUT2D eigenvalue weighted by Crippen LogP contribution is 2.18. The molecule has 1 N–H and O–H groups in total. The molecule has 0 bridgehead atoms. The molecule has 3 nitrogen and oxygen atoms in total. The van der Waals surface area contributed by atoms with Crippen molar-refractivity contribution >= 4 is 11.6 Å². The summed E-state index contributed by atoms with van der Waals surface area (Å²) >= 11 is 0. The van der Waals surface area contributed by atoms with E-state index < -0.39 is 6.10 Å². The van der Waals surface area contributed by atoms with Gasteiger partial charge in [-0.2, -0.15) is 0 Å². The van der Waals surface area contributed by atoms with Crippen LogP contribution in [0, 0.1) is 19.7 Å². The Bertz CT molecular complexity index is 638. The van der Waals surface area contributed by atoms with E-state index in [1.165, 1.54) is 29.8 Å². The second kappa shape index (κ2) is 6.39. The zero-order valence-corrected chi connectivity index (χ0v) is 12.3. The van der Waals surface area contributed by atoms with Crippen molar-refractivity contribution in [2.24, 2.45) is 0 Å². The van der Waals surface area contributed by atoms with E-state index >= 15 is 0 Å². The van der Waals surface area contributed by atoms with Crippen LogP contribution in [-0.4, -0.2) is 12.0 Å². The summed E-state index contributed by atoms with van der Waals surface area (Å²) in [7, 11) is 0. The van der Waals surface area contributed by atoms with Gasteiger partial charge >= 0.3 is 0 Å². The minimum Gasteiger partial charge on any atom is -0.481 e. The van der Waals surface area contributed by atoms with Gasteiger partial charge in [0.15, 0.2) is 6.10 Å². The number of hydrogen-bond acceptors (Lipinski definition) is 2. The normalized spacial score (nSPS) is 11.8. The molecule has 4 heteroatoms. The van der Waals surface area contributed by atoms with Gasteiger partial charge in [-0.3, -0.25) is 4.79 Å². The Balaban J connectivity index is 1.98. The first kappa shape index (κ1) is 15.0. The molecule has 0 aliphatic carbocycles. The van der Waals surface area contributed by atoms with Crippen molar-refractivity contribution in [3.8, 4) is 5.75 Å². The molecular formula is C17H18FNO2. The molecule has 2 aromatic carbocycles. The third-order valence-corrected chi connectivity index (χ3v) is 3.27. The number of carbonyl (C=O) groups excluding carboxylic acids is 1. The second-order valence-electron chi connectivity index (χ2n) is 5.00. The van der Waals surface area contributed by atoms with Gasteiger partial charge in [0.1, 0.15) is 11.6 Å². The van der Waals surface area contributed by atoms with Crippen molar-refractivity contribution in [3.05, 3.63) is 59.4 Å². The van der Waals surface area contributed by atoms with Crippen LogP contribution in [-0.2, 0) is 4.79 Å². The van der Waals surface area contributed by atoms with Crippen LogP contribution in [0.5, 0.6) is 5.75 Å². The third-order valence-electron chi connectivity index (χ3n) is 3.27. The Kier molecular flexibility index (Phi) is 4.58. The summed E-state index contributed by atoms with van der Waals surface area (Å²) in [4.78, 5) is 12.0. The van der Waals surface area contributed by atoms with E-state index in [-0.39, 0.29) is 11.7 Å². The largest absolute Gasteiger partial charge is 0.481 e. The predicted molar refractivity (Wildman–Crippen MR) is 81.0 cm³/mol. The molecule has 0 aromatic heterocycles. The molecule has 0 aliphatic rings. The molecule has 0 spiro atoms. The van der Waals surface area contributed by atoms with Crippen LogP contribution in [0.15, 0.2) is 42.5 Å². The van der Waals surface area contributed by atoms with Crippen LogP contribution in [0.2, 0.25) is 0 Å². The van der Waals surface area contributed by atoms with E-state index in [1.54, 1.807) is 6.92 Å². The summed E-state index contributed by atoms with van der Waals surface area (Å²) in [6, 6.07) is 11.3. The third kappa shape index (κ3) is 4.05. The Labute approximate surface area is 123 Å². The van der Waals surface area contributed by atoms with Gasteiger partial charge in [0.25, 0.3) is 5.91 Å². The Morgan fingerprint density at radius 2 is 1.76 bits per heavy atom. The number of hydrogen-bond donors (Lipinski definition) is 1. The lowest BCUT2D eigenvalue weighted by Gasteiger charge is -2.15. The Morgan fingerprint density at radius 1 is 1.10 bits per heavy atom. The van der Waals surface area contributed by atoms with Gasteiger partial charge in [-0.05, 0) is 68.3 Å². The number of aryl methyl sites for hydroxylation is 2. The molecule has 21 heavy (non-hydrogen) atoms. The van der Waals surface area contributed by atoms with E-state index in [4.69, 9.17) is 4.74 Å². The standard InChI is InChI=1S/C17H18FNO2/c1-11-4-9-16(10-12(11)2)21-13(3)17(20)19-15-7-5-14(18)6-8-15/h4-10,13H,1-3H3,(H,19,20). The number of nitrogens with one attached hydrogen (secondary N) is 1. The van der Waals surface area contributed by atoms with Gasteiger partial charge in [0.05, 0.1) is 0 Å². The maximum Gasteiger partial charge on any atom is 0.265 e. The van der Waals surface area contributed by atoms with E-state index in [0.29, 0.717) is 11.4 Å². The summed E-state index contributed by atoms with van der Waals surface area (Å²) in [5.41, 5.74) is 2.82. The first-order chi connectivity index (χ1) is 9.95. The lowest BCUT2D eigenvalue weighted by molar-refractivity contribution is -0.122. The number of carbonyl (C=O) groups is 1. The highest BCUT2D eigenvalue weighted by Gasteiger charge is 2.15. The Morgan fingerprint density at radius 3 is 2.38 bits per heavy atom. The van der Waals surface area contributed by atoms with Crippen molar-refractivity contribution in [1.29, 1.82) is 0 Å². The highest BCUT2D eigenvalue weighted by atomic mass is 19.1. The molecule has 1 atom stereocenters. The van der Waals surface area contributed by atoms with E-state index in [0.717, 1.165) is 5.56 Å². The van der Waals surface area contributed by atoms with Crippen LogP contribution in [0.25, 0.3) is 0 Å². The summed E-state index contributed by atoms with van der Waals surface area (Å²) in [5.74, 6) is 0.0344. The summed E-state index contributed by atoms with van der Waals surface area (Å²) in [5, 5.41) is 2.68. The summed E-state index contributed by atoms with van der Waals surface area (Å²) < 4.78 is 18.4. The molecule has 0 radical (unpaired) electrons. The minimum absolute atomic E-state index is 0.278. The molecule has 110 valence electrons. The highest BCUT2D eigenvalue weighted by molar-refractivity contribution is 5.94. The molecule has 0 saturated heterocycles. The van der Waals surface area contributed by atoms with Gasteiger partial charge in [0, 0.05) is 5.69 Å². The number of ether oxygens (including phenoxy) is 1. The number of amides is 1. The second-order valence-corrected chi connectivity index (χ2v) is 5.00. The van der Waals surface area contributed by atoms with E-state index in [9.17, 15) is 9.18 Å². The van der Waals surface area contributed by atoms with Gasteiger partial charge in [0.2, 0.25) is 0 Å². The fraction of sp³-hybridized carbons (Fsp3) is 0.235. The lowest BCUT2D eigenvalue weighted by atomic mass is 10.1. The molecule has 0 fully saturated rings. The van der Waals surface area contributed by atoms with Crippen LogP contribution in [0.1, 0.15) is 18.1 Å². The van der Waals surface area contributed by atoms with Gasteiger partial charge in [-0.25, -0.2) is 4.39 Å². The van der Waals surface area contributed by atoms with Crippen molar-refractivity contribution < 1.29 is 13.9 Å². The van der Waals surface area contributed by atoms with Gasteiger partial charge < -0.3 is 10.1 Å². The average Bonchev–Trinajstić information content (AvgIpc) is 2.45. The minimum atomic E-state index is -0.642. The fourth-order valence-electron chi connectivity index (χ4n) is 1.82. The first-order valence-electron chi connectivity index (χ1n) is 6.76. The number of benzene rings is 2. The summed E-state index contributed by atoms with van der Waals surface area (Å²) in [6.45, 7) is 5.68. The molecular weight excluding hydrogens is 269 g/mol. The quantitative estimate of drug-likeness (QED) is 0.927. The van der Waals surface area contributed by atoms with Crippen molar-refractivity contribution in [2.75, 3.05) is 5.32 Å². The molecule has 2 rings (SSSR count). The smallest absolute Gasteiger partial charge is 0.265 e. The number of anilines is 1. The van der Waals surface area contributed by atoms with Crippen LogP contribution in [0.3, 0.4) is 0 Å². The van der Waals surface area contributed by atoms with Gasteiger partial charge in [-0.1, -0.05) is 6.07 Å².